The zero-order valence-electron chi connectivity index (χ0n) is 27.8. The molecule has 4 heterocycles. The molecular formula is C36H40F2N6O4. The van der Waals surface area contributed by atoms with Gasteiger partial charge < -0.3 is 20.2 Å². The largest absolute Gasteiger partial charge is 0.507 e. The van der Waals surface area contributed by atoms with Crippen molar-refractivity contribution in [3.63, 3.8) is 0 Å². The second kappa shape index (κ2) is 14.0. The van der Waals surface area contributed by atoms with Crippen molar-refractivity contribution in [2.75, 3.05) is 40.3 Å². The maximum Gasteiger partial charge on any atom is 0.270 e. The normalized spacial score (nSPS) is 13.8. The molecule has 12 heteroatoms. The first-order chi connectivity index (χ1) is 22.8. The lowest BCUT2D eigenvalue weighted by molar-refractivity contribution is -0.127. The summed E-state index contributed by atoms with van der Waals surface area (Å²) in [6.07, 6.45) is 3.63. The number of amides is 2. The summed E-state index contributed by atoms with van der Waals surface area (Å²) in [6, 6.07) is 6.49. The molecule has 252 valence electrons. The van der Waals surface area contributed by atoms with Gasteiger partial charge in [-0.05, 0) is 87.2 Å². The number of hydrogen-bond donors (Lipinski definition) is 2. The number of rotatable bonds is 9. The molecule has 4 aromatic rings. The second-order valence-electron chi connectivity index (χ2n) is 12.6. The summed E-state index contributed by atoms with van der Waals surface area (Å²) < 4.78 is 32.7. The number of phenolic OH excluding ortho intramolecular Hbond substituents is 1. The van der Waals surface area contributed by atoms with Gasteiger partial charge in [0, 0.05) is 37.8 Å². The molecule has 0 unspecified atom stereocenters. The predicted molar refractivity (Wildman–Crippen MR) is 181 cm³/mol. The molecule has 0 aliphatic carbocycles. The highest BCUT2D eigenvalue weighted by atomic mass is 19.1. The summed E-state index contributed by atoms with van der Waals surface area (Å²) in [7, 11) is 3.72. The molecule has 0 atom stereocenters. The van der Waals surface area contributed by atoms with Crippen LogP contribution in [0, 0.1) is 18.6 Å². The van der Waals surface area contributed by atoms with E-state index in [2.05, 4.69) is 21.9 Å². The molecule has 10 nitrogen and oxygen atoms in total. The van der Waals surface area contributed by atoms with E-state index in [-0.39, 0.29) is 35.0 Å². The molecule has 1 fully saturated rings. The monoisotopic (exact) mass is 658 g/mol. The number of carbonyl (C=O) groups is 2. The summed E-state index contributed by atoms with van der Waals surface area (Å²) in [6.45, 7) is 10.6. The standard InChI is InChI=1S/C36H40F2N6O4/c1-7-27(46)43-16-12-22(13-17-43)28-23-19-25(38)32(29-24(37)9-8-10-26(29)45)41-34(23)44(33-21(4)11-14-39-31(33)20(2)3)36(48)30(28)35(47)40-15-18-42(5)6/h7-11,14,19-20,22,45H,1,12-13,15-18H2,2-6H3,(H,40,47). The number of likely N-dealkylation sites (N-methyl/N-ethyl adjacent to an activating group) is 1. The van der Waals surface area contributed by atoms with Crippen molar-refractivity contribution in [1.82, 2.24) is 29.7 Å². The third-order valence-corrected chi connectivity index (χ3v) is 8.76. The summed E-state index contributed by atoms with van der Waals surface area (Å²) >= 11 is 0. The number of benzene rings is 1. The van der Waals surface area contributed by atoms with Crippen LogP contribution in [0.5, 0.6) is 5.75 Å². The Bertz CT molecular complexity index is 1940. The van der Waals surface area contributed by atoms with Crippen molar-refractivity contribution in [3.8, 4) is 22.7 Å². The van der Waals surface area contributed by atoms with E-state index in [0.717, 1.165) is 12.1 Å². The molecule has 2 N–H and O–H groups in total. The molecule has 1 aliphatic heterocycles. The Morgan fingerprint density at radius 3 is 2.50 bits per heavy atom. The van der Waals surface area contributed by atoms with Crippen LogP contribution in [0.1, 0.15) is 65.7 Å². The minimum Gasteiger partial charge on any atom is -0.507 e. The number of aromatic hydroxyl groups is 1. The van der Waals surface area contributed by atoms with Crippen molar-refractivity contribution >= 4 is 22.8 Å². The fraction of sp³-hybridized carbons (Fsp3) is 0.361. The van der Waals surface area contributed by atoms with Gasteiger partial charge in [-0.2, -0.15) is 0 Å². The van der Waals surface area contributed by atoms with Crippen LogP contribution < -0.4 is 10.9 Å². The molecule has 1 aliphatic rings. The lowest BCUT2D eigenvalue weighted by atomic mass is 9.84. The Kier molecular flexibility index (Phi) is 10.0. The summed E-state index contributed by atoms with van der Waals surface area (Å²) in [5.41, 5.74) is 0.0882. The van der Waals surface area contributed by atoms with Gasteiger partial charge in [0.25, 0.3) is 11.5 Å². The number of piperidine rings is 1. The molecule has 3 aromatic heterocycles. The fourth-order valence-corrected chi connectivity index (χ4v) is 6.36. The number of aryl methyl sites for hydroxylation is 1. The van der Waals surface area contributed by atoms with Crippen molar-refractivity contribution < 1.29 is 23.5 Å². The number of carbonyl (C=O) groups excluding carboxylic acids is 2. The van der Waals surface area contributed by atoms with Gasteiger partial charge in [-0.3, -0.25) is 23.9 Å². The maximum atomic E-state index is 16.3. The summed E-state index contributed by atoms with van der Waals surface area (Å²) in [4.78, 5) is 54.1. The quantitative estimate of drug-likeness (QED) is 0.242. The zero-order valence-corrected chi connectivity index (χ0v) is 27.8. The van der Waals surface area contributed by atoms with Crippen LogP contribution in [-0.4, -0.2) is 81.5 Å². The molecule has 2 amide bonds. The Morgan fingerprint density at radius 1 is 1.17 bits per heavy atom. The van der Waals surface area contributed by atoms with E-state index in [4.69, 9.17) is 0 Å². The van der Waals surface area contributed by atoms with E-state index in [1.54, 1.807) is 24.1 Å². The summed E-state index contributed by atoms with van der Waals surface area (Å²) in [5, 5.41) is 13.7. The average Bonchev–Trinajstić information content (AvgIpc) is 3.04. The molecule has 0 radical (unpaired) electrons. The Morgan fingerprint density at radius 2 is 1.88 bits per heavy atom. The van der Waals surface area contributed by atoms with Gasteiger partial charge >= 0.3 is 0 Å². The van der Waals surface area contributed by atoms with Gasteiger partial charge in [-0.1, -0.05) is 26.5 Å². The number of aromatic nitrogens is 3. The van der Waals surface area contributed by atoms with E-state index >= 15 is 8.78 Å². The first kappa shape index (κ1) is 34.4. The minimum absolute atomic E-state index is 0.0125. The van der Waals surface area contributed by atoms with E-state index in [9.17, 15) is 19.5 Å². The Labute approximate surface area is 277 Å². The number of nitrogens with zero attached hydrogens (tertiary/aromatic N) is 5. The smallest absolute Gasteiger partial charge is 0.270 e. The minimum atomic E-state index is -0.945. The Hall–Kier alpha value is -4.97. The Balaban J connectivity index is 1.90. The highest BCUT2D eigenvalue weighted by Crippen LogP contribution is 2.39. The number of fused-ring (bicyclic) bond motifs is 1. The lowest BCUT2D eigenvalue weighted by Gasteiger charge is -2.33. The van der Waals surface area contributed by atoms with Crippen molar-refractivity contribution in [2.24, 2.45) is 0 Å². The molecule has 0 spiro atoms. The van der Waals surface area contributed by atoms with Crippen LogP contribution in [0.2, 0.25) is 0 Å². The summed E-state index contributed by atoms with van der Waals surface area (Å²) in [5.74, 6) is -3.81. The number of pyridine rings is 3. The molecule has 1 aromatic carbocycles. The first-order valence-corrected chi connectivity index (χ1v) is 15.9. The zero-order chi connectivity index (χ0) is 34.9. The molecule has 1 saturated heterocycles. The van der Waals surface area contributed by atoms with Crippen LogP contribution >= 0.6 is 0 Å². The van der Waals surface area contributed by atoms with Crippen molar-refractivity contribution in [2.45, 2.75) is 45.4 Å². The molecule has 48 heavy (non-hydrogen) atoms. The van der Waals surface area contributed by atoms with Gasteiger partial charge in [-0.15, -0.1) is 0 Å². The van der Waals surface area contributed by atoms with Gasteiger partial charge in [-0.25, -0.2) is 13.8 Å². The fourth-order valence-electron chi connectivity index (χ4n) is 6.36. The van der Waals surface area contributed by atoms with Crippen LogP contribution in [0.3, 0.4) is 0 Å². The van der Waals surface area contributed by atoms with Gasteiger partial charge in [0.2, 0.25) is 5.91 Å². The third kappa shape index (κ3) is 6.44. The number of likely N-dealkylation sites (tertiary alicyclic amines) is 1. The number of phenols is 1. The van der Waals surface area contributed by atoms with E-state index in [0.29, 0.717) is 55.0 Å². The van der Waals surface area contributed by atoms with Gasteiger partial charge in [0.15, 0.2) is 5.82 Å². The van der Waals surface area contributed by atoms with Crippen LogP contribution in [0.25, 0.3) is 28.0 Å². The van der Waals surface area contributed by atoms with Gasteiger partial charge in [0.1, 0.15) is 28.5 Å². The number of halogens is 2. The highest BCUT2D eigenvalue weighted by Gasteiger charge is 2.33. The maximum absolute atomic E-state index is 16.3. The predicted octanol–water partition coefficient (Wildman–Crippen LogP) is 5.05. The highest BCUT2D eigenvalue weighted by molar-refractivity contribution is 6.01. The van der Waals surface area contributed by atoms with Gasteiger partial charge in [0.05, 0.1) is 16.9 Å². The van der Waals surface area contributed by atoms with E-state index in [1.807, 2.05) is 32.8 Å². The lowest BCUT2D eigenvalue weighted by Crippen LogP contribution is -2.40. The third-order valence-electron chi connectivity index (χ3n) is 8.76. The van der Waals surface area contributed by atoms with Crippen LogP contribution in [0.15, 0.2) is 54.0 Å². The van der Waals surface area contributed by atoms with E-state index < -0.39 is 46.0 Å². The first-order valence-electron chi connectivity index (χ1n) is 15.9. The number of hydrogen-bond acceptors (Lipinski definition) is 7. The number of nitrogens with one attached hydrogen (secondary N) is 1. The van der Waals surface area contributed by atoms with Crippen molar-refractivity contribution in [3.05, 3.63) is 93.6 Å². The molecular weight excluding hydrogens is 618 g/mol. The molecule has 0 saturated carbocycles. The van der Waals surface area contributed by atoms with Crippen molar-refractivity contribution in [1.29, 1.82) is 0 Å². The van der Waals surface area contributed by atoms with E-state index in [1.165, 1.54) is 22.8 Å². The molecule has 0 bridgehead atoms. The second-order valence-corrected chi connectivity index (χ2v) is 12.6. The van der Waals surface area contributed by atoms with Crippen LogP contribution in [0.4, 0.5) is 8.78 Å². The topological polar surface area (TPSA) is 121 Å². The SMILES string of the molecule is C=CC(=O)N1CCC(c2c(C(=O)NCCN(C)C)c(=O)n(-c3c(C)ccnc3C(C)C)c3nc(-c4c(O)cccc4F)c(F)cc23)CC1. The van der Waals surface area contributed by atoms with Crippen LogP contribution in [-0.2, 0) is 4.79 Å². The molecule has 5 rings (SSSR count). The average molecular weight is 659 g/mol.